The van der Waals surface area contributed by atoms with Crippen LogP contribution in [-0.2, 0) is 4.79 Å². The topological polar surface area (TPSA) is 121 Å². The largest absolute Gasteiger partial charge is 0.502 e. The summed E-state index contributed by atoms with van der Waals surface area (Å²) in [4.78, 5) is 35.5. The number of carbonyl (C=O) groups is 2. The van der Waals surface area contributed by atoms with E-state index in [0.29, 0.717) is 11.3 Å². The first-order chi connectivity index (χ1) is 12.8. The second-order valence-corrected chi connectivity index (χ2v) is 7.05. The highest BCUT2D eigenvalue weighted by molar-refractivity contribution is 8.27. The third kappa shape index (κ3) is 3.66. The normalized spacial score (nSPS) is 15.4. The lowest BCUT2D eigenvalue weighted by Crippen LogP contribution is -2.27. The molecule has 136 valence electrons. The first-order valence-corrected chi connectivity index (χ1v) is 8.59. The van der Waals surface area contributed by atoms with Gasteiger partial charge in [-0.05, 0) is 35.9 Å². The van der Waals surface area contributed by atoms with Crippen molar-refractivity contribution in [2.45, 2.75) is 0 Å². The van der Waals surface area contributed by atoms with Crippen LogP contribution in [0.5, 0.6) is 5.75 Å². The molecule has 1 fully saturated rings. The Hall–Kier alpha value is -3.24. The van der Waals surface area contributed by atoms with Crippen molar-refractivity contribution in [3.63, 3.8) is 0 Å². The van der Waals surface area contributed by atoms with Crippen molar-refractivity contribution in [3.8, 4) is 5.75 Å². The van der Waals surface area contributed by atoms with Gasteiger partial charge in [-0.25, -0.2) is 4.79 Å². The van der Waals surface area contributed by atoms with E-state index in [2.05, 4.69) is 0 Å². The molecule has 0 atom stereocenters. The van der Waals surface area contributed by atoms with Gasteiger partial charge >= 0.3 is 11.7 Å². The van der Waals surface area contributed by atoms with Gasteiger partial charge in [-0.2, -0.15) is 0 Å². The van der Waals surface area contributed by atoms with Crippen LogP contribution < -0.4 is 4.90 Å². The Labute approximate surface area is 161 Å². The Bertz CT molecular complexity index is 1030. The van der Waals surface area contributed by atoms with Gasteiger partial charge in [0.2, 0.25) is 0 Å². The number of aromatic hydroxyl groups is 1. The number of carboxylic acids is 1. The minimum atomic E-state index is -1.13. The lowest BCUT2D eigenvalue weighted by atomic mass is 10.1. The fourth-order valence-corrected chi connectivity index (χ4v) is 3.70. The second-order valence-electron chi connectivity index (χ2n) is 5.38. The van der Waals surface area contributed by atoms with E-state index >= 15 is 0 Å². The first-order valence-electron chi connectivity index (χ1n) is 7.36. The summed E-state index contributed by atoms with van der Waals surface area (Å²) < 4.78 is 0.210. The number of benzene rings is 2. The van der Waals surface area contributed by atoms with E-state index in [1.165, 1.54) is 41.3 Å². The third-order valence-electron chi connectivity index (χ3n) is 3.64. The van der Waals surface area contributed by atoms with Crippen LogP contribution in [0.2, 0.25) is 0 Å². The summed E-state index contributed by atoms with van der Waals surface area (Å²) in [6.45, 7) is 0. The molecule has 2 aromatic carbocycles. The molecule has 2 aromatic rings. The summed E-state index contributed by atoms with van der Waals surface area (Å²) in [7, 11) is 0. The van der Waals surface area contributed by atoms with Crippen molar-refractivity contribution in [1.82, 2.24) is 0 Å². The molecule has 0 radical (unpaired) electrons. The molecule has 0 aromatic heterocycles. The lowest BCUT2D eigenvalue weighted by molar-refractivity contribution is -0.385. The monoisotopic (exact) mass is 402 g/mol. The molecule has 1 amide bonds. The summed E-state index contributed by atoms with van der Waals surface area (Å²) in [6.07, 6.45) is 1.42. The Morgan fingerprint density at radius 3 is 2.67 bits per heavy atom. The van der Waals surface area contributed by atoms with E-state index in [-0.39, 0.29) is 14.8 Å². The van der Waals surface area contributed by atoms with Crippen molar-refractivity contribution in [2.24, 2.45) is 0 Å². The highest BCUT2D eigenvalue weighted by Crippen LogP contribution is 2.37. The zero-order chi connectivity index (χ0) is 19.7. The van der Waals surface area contributed by atoms with Crippen LogP contribution in [0.4, 0.5) is 11.4 Å². The number of nitrogens with zero attached hydrogens (tertiary/aromatic N) is 2. The number of hydrogen-bond acceptors (Lipinski definition) is 7. The van der Waals surface area contributed by atoms with E-state index in [1.54, 1.807) is 6.07 Å². The molecule has 0 aliphatic carbocycles. The number of aromatic carboxylic acids is 1. The molecule has 0 unspecified atom stereocenters. The molecule has 2 N–H and O–H groups in total. The van der Waals surface area contributed by atoms with Crippen LogP contribution in [0.15, 0.2) is 47.4 Å². The lowest BCUT2D eigenvalue weighted by Gasteiger charge is -2.14. The van der Waals surface area contributed by atoms with Gasteiger partial charge in [-0.15, -0.1) is 0 Å². The quantitative estimate of drug-likeness (QED) is 0.345. The van der Waals surface area contributed by atoms with Gasteiger partial charge in [0.15, 0.2) is 10.1 Å². The molecular weight excluding hydrogens is 392 g/mol. The number of rotatable bonds is 4. The number of thiocarbonyl (C=S) groups is 1. The van der Waals surface area contributed by atoms with Crippen molar-refractivity contribution in [3.05, 3.63) is 68.6 Å². The Morgan fingerprint density at radius 2 is 2.00 bits per heavy atom. The van der Waals surface area contributed by atoms with Crippen LogP contribution in [0.1, 0.15) is 15.9 Å². The van der Waals surface area contributed by atoms with E-state index in [0.717, 1.165) is 17.8 Å². The number of thioether (sulfide) groups is 1. The van der Waals surface area contributed by atoms with Gasteiger partial charge in [0.05, 0.1) is 21.1 Å². The number of nitro groups is 1. The molecule has 8 nitrogen and oxygen atoms in total. The average molecular weight is 402 g/mol. The summed E-state index contributed by atoms with van der Waals surface area (Å²) in [6, 6.07) is 9.54. The fourth-order valence-electron chi connectivity index (χ4n) is 2.40. The first kappa shape index (κ1) is 18.5. The molecule has 10 heteroatoms. The number of amides is 1. The highest BCUT2D eigenvalue weighted by atomic mass is 32.2. The summed E-state index contributed by atoms with van der Waals surface area (Å²) in [5, 5.41) is 29.5. The average Bonchev–Trinajstić information content (AvgIpc) is 2.90. The Morgan fingerprint density at radius 1 is 1.26 bits per heavy atom. The Kier molecular flexibility index (Phi) is 4.93. The number of carboxylic acid groups (broad SMARTS) is 1. The molecule has 1 saturated heterocycles. The number of nitro benzene ring substituents is 1. The van der Waals surface area contributed by atoms with Crippen molar-refractivity contribution >= 4 is 57.6 Å². The van der Waals surface area contributed by atoms with Crippen molar-refractivity contribution in [1.29, 1.82) is 0 Å². The van der Waals surface area contributed by atoms with Crippen molar-refractivity contribution in [2.75, 3.05) is 4.90 Å². The van der Waals surface area contributed by atoms with Crippen molar-refractivity contribution < 1.29 is 24.7 Å². The van der Waals surface area contributed by atoms with Gasteiger partial charge in [0.25, 0.3) is 5.91 Å². The standard InChI is InChI=1S/C17H10N2O6S2/c20-13-5-4-9(6-12(13)19(24)25)7-14-15(21)18(17(26)27-14)11-3-1-2-10(8-11)16(22)23/h1-8,20H,(H,22,23)/b14-7-. The van der Waals surface area contributed by atoms with Gasteiger partial charge < -0.3 is 10.2 Å². The molecule has 27 heavy (non-hydrogen) atoms. The van der Waals surface area contributed by atoms with Gasteiger partial charge in [-0.1, -0.05) is 36.1 Å². The van der Waals surface area contributed by atoms with Crippen LogP contribution in [-0.4, -0.2) is 31.3 Å². The number of hydrogen-bond donors (Lipinski definition) is 2. The second kappa shape index (κ2) is 7.17. The molecular formula is C17H10N2O6S2. The van der Waals surface area contributed by atoms with E-state index in [4.69, 9.17) is 17.3 Å². The molecule has 1 heterocycles. The van der Waals surface area contributed by atoms with E-state index in [1.807, 2.05) is 0 Å². The molecule has 3 rings (SSSR count). The summed E-state index contributed by atoms with van der Waals surface area (Å²) in [5.74, 6) is -2.08. The number of anilines is 1. The van der Waals surface area contributed by atoms with Crippen LogP contribution in [0.3, 0.4) is 0 Å². The zero-order valence-electron chi connectivity index (χ0n) is 13.4. The van der Waals surface area contributed by atoms with Crippen LogP contribution in [0.25, 0.3) is 6.08 Å². The Balaban J connectivity index is 1.96. The molecule has 1 aliphatic rings. The molecule has 0 bridgehead atoms. The van der Waals surface area contributed by atoms with Gasteiger partial charge in [-0.3, -0.25) is 19.8 Å². The van der Waals surface area contributed by atoms with Crippen LogP contribution in [0, 0.1) is 10.1 Å². The summed E-state index contributed by atoms with van der Waals surface area (Å²) >= 11 is 6.21. The highest BCUT2D eigenvalue weighted by Gasteiger charge is 2.33. The smallest absolute Gasteiger partial charge is 0.335 e. The summed E-state index contributed by atoms with van der Waals surface area (Å²) in [5.41, 5.74) is 0.199. The maximum absolute atomic E-state index is 12.7. The number of carbonyl (C=O) groups excluding carboxylic acids is 1. The molecule has 0 spiro atoms. The molecule has 0 saturated carbocycles. The third-order valence-corrected chi connectivity index (χ3v) is 4.94. The predicted octanol–water partition coefficient (Wildman–Crippen LogP) is 3.40. The maximum atomic E-state index is 12.7. The SMILES string of the molecule is O=C(O)c1cccc(N2C(=O)/C(=C/c3ccc(O)c([N+](=O)[O-])c3)SC2=S)c1. The van der Waals surface area contributed by atoms with Gasteiger partial charge in [0, 0.05) is 6.07 Å². The van der Waals surface area contributed by atoms with E-state index < -0.39 is 28.2 Å². The maximum Gasteiger partial charge on any atom is 0.335 e. The van der Waals surface area contributed by atoms with Crippen LogP contribution >= 0.6 is 24.0 Å². The minimum absolute atomic E-state index is 0.0136. The fraction of sp³-hybridized carbons (Fsp3) is 0. The number of phenolic OH excluding ortho intramolecular Hbond substituents is 1. The van der Waals surface area contributed by atoms with Gasteiger partial charge in [0.1, 0.15) is 0 Å². The zero-order valence-corrected chi connectivity index (χ0v) is 15.0. The minimum Gasteiger partial charge on any atom is -0.502 e. The predicted molar refractivity (Wildman–Crippen MR) is 104 cm³/mol. The van der Waals surface area contributed by atoms with E-state index in [9.17, 15) is 24.8 Å². The number of phenols is 1. The molecule has 1 aliphatic heterocycles.